The van der Waals surface area contributed by atoms with Gasteiger partial charge in [0.1, 0.15) is 5.75 Å². The molecule has 1 N–H and O–H groups in total. The van der Waals surface area contributed by atoms with Crippen molar-refractivity contribution in [3.8, 4) is 16.9 Å². The maximum atomic E-state index is 10.2. The van der Waals surface area contributed by atoms with Crippen molar-refractivity contribution in [2.24, 2.45) is 0 Å². The predicted molar refractivity (Wildman–Crippen MR) is 110 cm³/mol. The van der Waals surface area contributed by atoms with E-state index < -0.39 is 0 Å². The van der Waals surface area contributed by atoms with Gasteiger partial charge in [-0.3, -0.25) is 0 Å². The van der Waals surface area contributed by atoms with Gasteiger partial charge in [-0.1, -0.05) is 43.7 Å². The highest BCUT2D eigenvalue weighted by atomic mass is 32.1. The second kappa shape index (κ2) is 6.20. The lowest BCUT2D eigenvalue weighted by atomic mass is 9.91. The molecular weight excluding hydrogens is 324 g/mol. The van der Waals surface area contributed by atoms with E-state index >= 15 is 0 Å². The highest BCUT2D eigenvalue weighted by Crippen LogP contribution is 2.43. The van der Waals surface area contributed by atoms with Crippen LogP contribution in [0.4, 0.5) is 0 Å². The maximum Gasteiger partial charge on any atom is 0.118 e. The molecule has 2 heteroatoms. The predicted octanol–water partition coefficient (Wildman–Crippen LogP) is 7.00. The Balaban J connectivity index is 2.13. The van der Waals surface area contributed by atoms with Crippen molar-refractivity contribution >= 4 is 32.2 Å². The maximum absolute atomic E-state index is 10.2. The third kappa shape index (κ3) is 2.61. The molecule has 0 saturated heterocycles. The molecule has 0 amide bonds. The molecule has 126 valence electrons. The standard InChI is InChI=1S/C23H22OS/c1-4-7-17-12-18(10-11-20(17)24)23-19-9-6-5-8-16(19)13-21-22(23)14(2)15(3)25-21/h5-6,8-13,24H,4,7H2,1-3H3. The molecule has 0 atom stereocenters. The number of fused-ring (bicyclic) bond motifs is 2. The van der Waals surface area contributed by atoms with Gasteiger partial charge in [0.25, 0.3) is 0 Å². The Morgan fingerprint density at radius 1 is 1.00 bits per heavy atom. The van der Waals surface area contributed by atoms with Crippen LogP contribution in [-0.4, -0.2) is 5.11 Å². The van der Waals surface area contributed by atoms with Gasteiger partial charge in [-0.25, -0.2) is 0 Å². The zero-order chi connectivity index (χ0) is 17.6. The Morgan fingerprint density at radius 3 is 2.60 bits per heavy atom. The van der Waals surface area contributed by atoms with Crippen LogP contribution in [0.25, 0.3) is 32.0 Å². The van der Waals surface area contributed by atoms with Gasteiger partial charge in [0.05, 0.1) is 0 Å². The van der Waals surface area contributed by atoms with Crippen LogP contribution in [0.15, 0.2) is 48.5 Å². The molecule has 0 aliphatic heterocycles. The Hall–Kier alpha value is -2.32. The van der Waals surface area contributed by atoms with Crippen LogP contribution in [0, 0.1) is 13.8 Å². The Morgan fingerprint density at radius 2 is 1.80 bits per heavy atom. The first kappa shape index (κ1) is 16.2. The molecule has 0 bridgehead atoms. The fourth-order valence-corrected chi connectivity index (χ4v) is 4.83. The minimum absolute atomic E-state index is 0.403. The quantitative estimate of drug-likeness (QED) is 0.423. The number of aromatic hydroxyl groups is 1. The zero-order valence-corrected chi connectivity index (χ0v) is 15.7. The topological polar surface area (TPSA) is 20.2 Å². The van der Waals surface area contributed by atoms with Crippen molar-refractivity contribution in [3.05, 3.63) is 64.5 Å². The molecule has 0 aliphatic carbocycles. The van der Waals surface area contributed by atoms with Crippen LogP contribution >= 0.6 is 11.3 Å². The number of rotatable bonds is 3. The first-order valence-electron chi connectivity index (χ1n) is 8.84. The molecule has 0 unspecified atom stereocenters. The molecule has 0 aliphatic rings. The van der Waals surface area contributed by atoms with Gasteiger partial charge in [-0.2, -0.15) is 0 Å². The van der Waals surface area contributed by atoms with Crippen LogP contribution in [-0.2, 0) is 6.42 Å². The average molecular weight is 346 g/mol. The Kier molecular flexibility index (Phi) is 4.01. The summed E-state index contributed by atoms with van der Waals surface area (Å²) < 4.78 is 1.34. The summed E-state index contributed by atoms with van der Waals surface area (Å²) in [4.78, 5) is 1.37. The number of thiophene rings is 1. The second-order valence-electron chi connectivity index (χ2n) is 6.72. The number of hydrogen-bond acceptors (Lipinski definition) is 2. The van der Waals surface area contributed by atoms with E-state index in [0.717, 1.165) is 18.4 Å². The van der Waals surface area contributed by atoms with E-state index in [1.165, 1.54) is 42.4 Å². The normalized spacial score (nSPS) is 11.5. The third-order valence-corrected chi connectivity index (χ3v) is 6.22. The summed E-state index contributed by atoms with van der Waals surface area (Å²) in [5, 5.41) is 14.1. The van der Waals surface area contributed by atoms with Gasteiger partial charge in [0.15, 0.2) is 0 Å². The smallest absolute Gasteiger partial charge is 0.118 e. The van der Waals surface area contributed by atoms with E-state index in [4.69, 9.17) is 0 Å². The van der Waals surface area contributed by atoms with Crippen molar-refractivity contribution in [2.45, 2.75) is 33.6 Å². The SMILES string of the molecule is CCCc1cc(-c2c3ccccc3cc3sc(C)c(C)c23)ccc1O. The highest BCUT2D eigenvalue weighted by molar-refractivity contribution is 7.19. The molecule has 1 nitrogen and oxygen atoms in total. The van der Waals surface area contributed by atoms with Crippen LogP contribution < -0.4 is 0 Å². The molecule has 0 fully saturated rings. The van der Waals surface area contributed by atoms with Gasteiger partial charge in [0.2, 0.25) is 0 Å². The van der Waals surface area contributed by atoms with Crippen molar-refractivity contribution in [3.63, 3.8) is 0 Å². The summed E-state index contributed by atoms with van der Waals surface area (Å²) in [6.45, 7) is 6.57. The fraction of sp³-hybridized carbons (Fsp3) is 0.217. The van der Waals surface area contributed by atoms with E-state index in [1.54, 1.807) is 0 Å². The summed E-state index contributed by atoms with van der Waals surface area (Å²) in [6.07, 6.45) is 1.92. The summed E-state index contributed by atoms with van der Waals surface area (Å²) in [5.41, 5.74) is 4.90. The van der Waals surface area contributed by atoms with E-state index in [-0.39, 0.29) is 0 Å². The van der Waals surface area contributed by atoms with Crippen LogP contribution in [0.2, 0.25) is 0 Å². The Bertz CT molecular complexity index is 1090. The molecule has 1 heterocycles. The van der Waals surface area contributed by atoms with Gasteiger partial charge in [-0.05, 0) is 71.5 Å². The van der Waals surface area contributed by atoms with Crippen molar-refractivity contribution < 1.29 is 5.11 Å². The van der Waals surface area contributed by atoms with E-state index in [9.17, 15) is 5.11 Å². The first-order valence-corrected chi connectivity index (χ1v) is 9.65. The van der Waals surface area contributed by atoms with E-state index in [2.05, 4.69) is 63.2 Å². The number of benzene rings is 3. The van der Waals surface area contributed by atoms with Gasteiger partial charge in [-0.15, -0.1) is 11.3 Å². The number of aryl methyl sites for hydroxylation is 3. The van der Waals surface area contributed by atoms with Crippen LogP contribution in [0.1, 0.15) is 29.3 Å². The van der Waals surface area contributed by atoms with Crippen LogP contribution in [0.3, 0.4) is 0 Å². The van der Waals surface area contributed by atoms with Crippen LogP contribution in [0.5, 0.6) is 5.75 Å². The minimum atomic E-state index is 0.403. The molecule has 0 radical (unpaired) electrons. The zero-order valence-electron chi connectivity index (χ0n) is 14.9. The van der Waals surface area contributed by atoms with Crippen molar-refractivity contribution in [2.75, 3.05) is 0 Å². The summed E-state index contributed by atoms with van der Waals surface area (Å²) >= 11 is 1.87. The van der Waals surface area contributed by atoms with E-state index in [0.29, 0.717) is 5.75 Å². The number of phenols is 1. The summed E-state index contributed by atoms with van der Waals surface area (Å²) in [7, 11) is 0. The molecular formula is C23H22OS. The molecule has 4 rings (SSSR count). The second-order valence-corrected chi connectivity index (χ2v) is 7.98. The summed E-state index contributed by atoms with van der Waals surface area (Å²) in [5.74, 6) is 0.403. The van der Waals surface area contributed by atoms with Crippen molar-refractivity contribution in [1.82, 2.24) is 0 Å². The monoisotopic (exact) mass is 346 g/mol. The highest BCUT2D eigenvalue weighted by Gasteiger charge is 2.16. The fourth-order valence-electron chi connectivity index (χ4n) is 3.70. The molecule has 0 spiro atoms. The first-order chi connectivity index (χ1) is 12.1. The molecule has 1 aromatic heterocycles. The average Bonchev–Trinajstić information content (AvgIpc) is 2.89. The molecule has 4 aromatic rings. The van der Waals surface area contributed by atoms with Gasteiger partial charge >= 0.3 is 0 Å². The Labute approximate surface area is 152 Å². The molecule has 25 heavy (non-hydrogen) atoms. The summed E-state index contributed by atoms with van der Waals surface area (Å²) in [6, 6.07) is 17.0. The van der Waals surface area contributed by atoms with Gasteiger partial charge in [0, 0.05) is 15.0 Å². The largest absolute Gasteiger partial charge is 0.508 e. The molecule has 0 saturated carbocycles. The molecule has 3 aromatic carbocycles. The minimum Gasteiger partial charge on any atom is -0.508 e. The third-order valence-electron chi connectivity index (χ3n) is 5.07. The van der Waals surface area contributed by atoms with E-state index in [1.807, 2.05) is 17.4 Å². The number of phenolic OH excluding ortho intramolecular Hbond substituents is 1. The van der Waals surface area contributed by atoms with Gasteiger partial charge < -0.3 is 5.11 Å². The lowest BCUT2D eigenvalue weighted by molar-refractivity contribution is 0.467. The number of hydrogen-bond donors (Lipinski definition) is 1. The lowest BCUT2D eigenvalue weighted by Crippen LogP contribution is -1.89. The van der Waals surface area contributed by atoms with Crippen molar-refractivity contribution in [1.29, 1.82) is 0 Å². The lowest BCUT2D eigenvalue weighted by Gasteiger charge is -2.13.